The highest BCUT2D eigenvalue weighted by Gasteiger charge is 2.31. The first-order valence-electron chi connectivity index (χ1n) is 13.0. The third-order valence-electron chi connectivity index (χ3n) is 6.15. The van der Waals surface area contributed by atoms with Crippen molar-refractivity contribution >= 4 is 34.8 Å². The lowest BCUT2D eigenvalue weighted by Crippen LogP contribution is -2.20. The fraction of sp³-hybridized carbons (Fsp3) is 0.233. The zero-order chi connectivity index (χ0) is 30.4. The smallest absolute Gasteiger partial charge is 0.406 e. The van der Waals surface area contributed by atoms with Crippen molar-refractivity contribution in [2.45, 2.75) is 46.4 Å². The molecule has 1 aromatic heterocycles. The Morgan fingerprint density at radius 1 is 1.02 bits per heavy atom. The van der Waals surface area contributed by atoms with Crippen LogP contribution in [-0.4, -0.2) is 37.7 Å². The minimum Gasteiger partial charge on any atom is -0.406 e. The number of halogens is 3. The lowest BCUT2D eigenvalue weighted by molar-refractivity contribution is -0.274. The summed E-state index contributed by atoms with van der Waals surface area (Å²) in [6.07, 6.45) is -4.22. The monoisotopic (exact) mass is 594 g/mol. The molecule has 0 aliphatic heterocycles. The Balaban J connectivity index is 1.49. The molecule has 0 fully saturated rings. The SMILES string of the molecule is CC(=O)Nc1nc(-c2ccc(C(C)=NNC(=S)Cc3ccccc3C(C)C)cc2)nn1-c1ccc(OC(F)(F)F)cc1. The molecule has 4 aromatic rings. The van der Waals surface area contributed by atoms with E-state index >= 15 is 0 Å². The van der Waals surface area contributed by atoms with Gasteiger partial charge in [-0.25, -0.2) is 0 Å². The van der Waals surface area contributed by atoms with Crippen LogP contribution in [-0.2, 0) is 11.2 Å². The predicted octanol–water partition coefficient (Wildman–Crippen LogP) is 6.80. The Morgan fingerprint density at radius 3 is 2.31 bits per heavy atom. The summed E-state index contributed by atoms with van der Waals surface area (Å²) >= 11 is 5.53. The molecule has 0 atom stereocenters. The van der Waals surface area contributed by atoms with Crippen molar-refractivity contribution in [1.82, 2.24) is 20.2 Å². The number of thiocarbonyl (C=S) groups is 1. The molecule has 4 rings (SSSR count). The molecule has 0 radical (unpaired) electrons. The first-order chi connectivity index (χ1) is 19.9. The second-order valence-electron chi connectivity index (χ2n) is 9.73. The number of aromatic nitrogens is 3. The molecule has 2 N–H and O–H groups in total. The van der Waals surface area contributed by atoms with Gasteiger partial charge in [-0.1, -0.05) is 74.6 Å². The maximum Gasteiger partial charge on any atom is 0.573 e. The molecule has 218 valence electrons. The van der Waals surface area contributed by atoms with E-state index in [-0.39, 0.29) is 17.6 Å². The molecule has 3 aromatic carbocycles. The Bertz CT molecular complexity index is 1600. The van der Waals surface area contributed by atoms with Crippen molar-refractivity contribution in [1.29, 1.82) is 0 Å². The van der Waals surface area contributed by atoms with Crippen LogP contribution in [0.25, 0.3) is 17.1 Å². The number of benzene rings is 3. The van der Waals surface area contributed by atoms with Gasteiger partial charge in [-0.15, -0.1) is 18.3 Å². The summed E-state index contributed by atoms with van der Waals surface area (Å²) in [5.74, 6) is 0.0454. The van der Waals surface area contributed by atoms with Crippen LogP contribution < -0.4 is 15.5 Å². The van der Waals surface area contributed by atoms with Gasteiger partial charge < -0.3 is 4.74 Å². The predicted molar refractivity (Wildman–Crippen MR) is 160 cm³/mol. The van der Waals surface area contributed by atoms with Crippen LogP contribution in [0.4, 0.5) is 19.1 Å². The fourth-order valence-electron chi connectivity index (χ4n) is 4.18. The van der Waals surface area contributed by atoms with Gasteiger partial charge in [0, 0.05) is 18.9 Å². The summed E-state index contributed by atoms with van der Waals surface area (Å²) < 4.78 is 42.8. The summed E-state index contributed by atoms with van der Waals surface area (Å²) in [5, 5.41) is 11.5. The average Bonchev–Trinajstić information content (AvgIpc) is 3.34. The first kappa shape index (κ1) is 30.4. The molecule has 0 spiro atoms. The van der Waals surface area contributed by atoms with Gasteiger partial charge in [0.2, 0.25) is 11.9 Å². The van der Waals surface area contributed by atoms with Gasteiger partial charge in [0.25, 0.3) is 0 Å². The molecular weight excluding hydrogens is 565 g/mol. The van der Waals surface area contributed by atoms with E-state index in [0.717, 1.165) is 23.4 Å². The van der Waals surface area contributed by atoms with E-state index < -0.39 is 6.36 Å². The lowest BCUT2D eigenvalue weighted by atomic mass is 9.95. The standard InChI is InChI=1S/C30H29F3N6O2S/c1-18(2)26-8-6-5-7-23(26)17-27(42)37-36-19(3)21-9-11-22(12-10-21)28-35-29(34-20(4)40)39(38-28)24-13-15-25(16-14-24)41-30(31,32)33/h5-16,18H,17H2,1-4H3,(H,37,42)(H,34,35,38,40). The molecule has 42 heavy (non-hydrogen) atoms. The number of nitrogens with one attached hydrogen (secondary N) is 2. The molecular formula is C30H29F3N6O2S. The number of hydrogen-bond acceptors (Lipinski definition) is 6. The van der Waals surface area contributed by atoms with Gasteiger partial charge in [0.1, 0.15) is 10.7 Å². The van der Waals surface area contributed by atoms with E-state index in [1.54, 1.807) is 0 Å². The average molecular weight is 595 g/mol. The number of amides is 1. The van der Waals surface area contributed by atoms with Gasteiger partial charge >= 0.3 is 6.36 Å². The molecule has 0 unspecified atom stereocenters. The number of alkyl halides is 3. The van der Waals surface area contributed by atoms with Crippen LogP contribution in [0, 0.1) is 0 Å². The van der Waals surface area contributed by atoms with E-state index in [9.17, 15) is 18.0 Å². The van der Waals surface area contributed by atoms with Crippen LogP contribution in [0.2, 0.25) is 0 Å². The Kier molecular flexibility index (Phi) is 9.36. The molecule has 0 bridgehead atoms. The number of rotatable bonds is 9. The molecule has 0 saturated carbocycles. The molecule has 12 heteroatoms. The number of carbonyl (C=O) groups is 1. The zero-order valence-corrected chi connectivity index (χ0v) is 24.2. The minimum atomic E-state index is -4.81. The molecule has 1 heterocycles. The van der Waals surface area contributed by atoms with Crippen molar-refractivity contribution in [3.63, 3.8) is 0 Å². The van der Waals surface area contributed by atoms with Crippen LogP contribution in [0.3, 0.4) is 0 Å². The Hall–Kier alpha value is -4.58. The maximum absolute atomic E-state index is 12.5. The topological polar surface area (TPSA) is 93.4 Å². The minimum absolute atomic E-state index is 0.112. The zero-order valence-electron chi connectivity index (χ0n) is 23.4. The van der Waals surface area contributed by atoms with Crippen molar-refractivity contribution in [3.05, 3.63) is 89.5 Å². The van der Waals surface area contributed by atoms with Crippen LogP contribution in [0.5, 0.6) is 5.75 Å². The third-order valence-corrected chi connectivity index (χ3v) is 6.38. The summed E-state index contributed by atoms with van der Waals surface area (Å²) in [7, 11) is 0. The number of carbonyl (C=O) groups excluding carboxylic acids is 1. The van der Waals surface area contributed by atoms with E-state index in [2.05, 4.69) is 56.6 Å². The van der Waals surface area contributed by atoms with Gasteiger partial charge in [0.15, 0.2) is 5.82 Å². The number of nitrogens with zero attached hydrogens (tertiary/aromatic N) is 4. The molecule has 8 nitrogen and oxygen atoms in total. The normalized spacial score (nSPS) is 11.9. The van der Waals surface area contributed by atoms with Crippen LogP contribution in [0.15, 0.2) is 77.9 Å². The largest absolute Gasteiger partial charge is 0.573 e. The van der Waals surface area contributed by atoms with Crippen molar-refractivity contribution in [2.75, 3.05) is 5.32 Å². The van der Waals surface area contributed by atoms with Crippen molar-refractivity contribution in [2.24, 2.45) is 5.10 Å². The van der Waals surface area contributed by atoms with Gasteiger partial charge in [-0.05, 0) is 53.8 Å². The second-order valence-corrected chi connectivity index (χ2v) is 10.2. The Morgan fingerprint density at radius 2 is 1.69 bits per heavy atom. The second kappa shape index (κ2) is 12.9. The number of ether oxygens (including phenoxy) is 1. The highest BCUT2D eigenvalue weighted by atomic mass is 32.1. The Labute approximate surface area is 246 Å². The quantitative estimate of drug-likeness (QED) is 0.126. The van der Waals surface area contributed by atoms with Crippen LogP contribution in [0.1, 0.15) is 50.3 Å². The van der Waals surface area contributed by atoms with E-state index in [4.69, 9.17) is 12.2 Å². The van der Waals surface area contributed by atoms with Gasteiger partial charge in [-0.3, -0.25) is 15.5 Å². The molecule has 0 aliphatic carbocycles. The fourth-order valence-corrected chi connectivity index (χ4v) is 4.39. The molecule has 0 saturated heterocycles. The summed E-state index contributed by atoms with van der Waals surface area (Å²) in [4.78, 5) is 16.8. The summed E-state index contributed by atoms with van der Waals surface area (Å²) in [5.41, 5.74) is 8.01. The van der Waals surface area contributed by atoms with Gasteiger partial charge in [-0.2, -0.15) is 14.8 Å². The number of hydrogen-bond donors (Lipinski definition) is 2. The van der Waals surface area contributed by atoms with Gasteiger partial charge in [0.05, 0.1) is 11.4 Å². The van der Waals surface area contributed by atoms with Crippen molar-refractivity contribution < 1.29 is 22.7 Å². The van der Waals surface area contributed by atoms with Crippen molar-refractivity contribution in [3.8, 4) is 22.8 Å². The maximum atomic E-state index is 12.5. The number of hydrazone groups is 1. The van der Waals surface area contributed by atoms with E-state index in [1.807, 2.05) is 43.3 Å². The summed E-state index contributed by atoms with van der Waals surface area (Å²) in [6, 6.07) is 20.6. The van der Waals surface area contributed by atoms with Crippen LogP contribution >= 0.6 is 12.2 Å². The van der Waals surface area contributed by atoms with E-state index in [0.29, 0.717) is 34.4 Å². The summed E-state index contributed by atoms with van der Waals surface area (Å²) in [6.45, 7) is 7.48. The molecule has 1 amide bonds. The highest BCUT2D eigenvalue weighted by Crippen LogP contribution is 2.26. The first-order valence-corrected chi connectivity index (χ1v) is 13.4. The number of anilines is 1. The highest BCUT2D eigenvalue weighted by molar-refractivity contribution is 7.80. The third kappa shape index (κ3) is 8.00. The van der Waals surface area contributed by atoms with E-state index in [1.165, 1.54) is 34.9 Å². The lowest BCUT2D eigenvalue weighted by Gasteiger charge is -2.13. The molecule has 0 aliphatic rings.